The molecule has 5 nitrogen and oxygen atoms in total. The van der Waals surface area contributed by atoms with Gasteiger partial charge in [-0.1, -0.05) is 29.3 Å². The van der Waals surface area contributed by atoms with Crippen molar-refractivity contribution in [2.24, 2.45) is 0 Å². The first kappa shape index (κ1) is 19.0. The molecule has 1 saturated heterocycles. The van der Waals surface area contributed by atoms with E-state index in [1.165, 1.54) is 6.07 Å². The maximum absolute atomic E-state index is 12.9. The maximum atomic E-state index is 12.9. The normalized spacial score (nSPS) is 19.1. The zero-order valence-electron chi connectivity index (χ0n) is 14.6. The lowest BCUT2D eigenvalue weighted by atomic mass is 10.0. The van der Waals surface area contributed by atoms with Crippen LogP contribution in [0.4, 0.5) is 5.69 Å². The number of benzene rings is 2. The van der Waals surface area contributed by atoms with Crippen molar-refractivity contribution in [2.45, 2.75) is 30.4 Å². The van der Waals surface area contributed by atoms with Crippen molar-refractivity contribution < 1.29 is 13.2 Å². The highest BCUT2D eigenvalue weighted by molar-refractivity contribution is 7.89. The van der Waals surface area contributed by atoms with Gasteiger partial charge in [0.2, 0.25) is 10.0 Å². The Morgan fingerprint density at radius 3 is 2.48 bits per heavy atom. The number of ether oxygens (including phenoxy) is 1. The molecule has 2 aliphatic rings. The molecular formula is C19H20Cl2N2O3S. The summed E-state index contributed by atoms with van der Waals surface area (Å²) in [6.45, 7) is 2.01. The molecule has 0 saturated carbocycles. The number of halogens is 2. The number of anilines is 1. The number of nitrogens with zero attached hydrogens (tertiary/aromatic N) is 2. The molecule has 0 amide bonds. The molecule has 27 heavy (non-hydrogen) atoms. The van der Waals surface area contributed by atoms with Crippen molar-refractivity contribution in [3.63, 3.8) is 0 Å². The van der Waals surface area contributed by atoms with Crippen LogP contribution in [0.25, 0.3) is 0 Å². The molecule has 4 rings (SSSR count). The molecule has 0 aromatic heterocycles. The van der Waals surface area contributed by atoms with Gasteiger partial charge in [-0.05, 0) is 49.2 Å². The molecule has 0 bridgehead atoms. The van der Waals surface area contributed by atoms with Gasteiger partial charge in [-0.3, -0.25) is 0 Å². The van der Waals surface area contributed by atoms with Crippen molar-refractivity contribution in [1.29, 1.82) is 0 Å². The largest absolute Gasteiger partial charge is 0.356 e. The Morgan fingerprint density at radius 1 is 1.00 bits per heavy atom. The van der Waals surface area contributed by atoms with Crippen LogP contribution in [0.1, 0.15) is 18.4 Å². The summed E-state index contributed by atoms with van der Waals surface area (Å²) in [7, 11) is -3.52. The second kappa shape index (κ2) is 7.60. The molecule has 2 aromatic carbocycles. The third-order valence-electron chi connectivity index (χ3n) is 5.14. The van der Waals surface area contributed by atoms with Crippen LogP contribution in [0.3, 0.4) is 0 Å². The van der Waals surface area contributed by atoms with Crippen molar-refractivity contribution in [2.75, 3.05) is 24.7 Å². The third kappa shape index (κ3) is 3.82. The van der Waals surface area contributed by atoms with Crippen LogP contribution in [-0.2, 0) is 21.4 Å². The second-order valence-electron chi connectivity index (χ2n) is 6.81. The Bertz CT molecular complexity index is 944. The number of sulfonamides is 1. The predicted octanol–water partition coefficient (Wildman–Crippen LogP) is 4.14. The highest BCUT2D eigenvalue weighted by atomic mass is 35.5. The molecule has 0 radical (unpaired) electrons. The predicted molar refractivity (Wildman–Crippen MR) is 107 cm³/mol. The molecular weight excluding hydrogens is 407 g/mol. The monoisotopic (exact) mass is 426 g/mol. The first-order valence-electron chi connectivity index (χ1n) is 8.84. The molecule has 2 heterocycles. The number of hydrogen-bond acceptors (Lipinski definition) is 4. The zero-order valence-corrected chi connectivity index (χ0v) is 17.0. The Balaban J connectivity index is 1.49. The quantitative estimate of drug-likeness (QED) is 0.739. The van der Waals surface area contributed by atoms with E-state index in [-0.39, 0.29) is 10.9 Å². The molecule has 2 aromatic rings. The zero-order chi connectivity index (χ0) is 19.0. The van der Waals surface area contributed by atoms with Gasteiger partial charge in [-0.25, -0.2) is 8.42 Å². The summed E-state index contributed by atoms with van der Waals surface area (Å²) in [6, 6.07) is 12.5. The van der Waals surface area contributed by atoms with E-state index in [1.807, 2.05) is 18.2 Å². The van der Waals surface area contributed by atoms with Gasteiger partial charge in [0.15, 0.2) is 0 Å². The van der Waals surface area contributed by atoms with Gasteiger partial charge in [0.1, 0.15) is 6.73 Å². The number of rotatable bonds is 3. The molecule has 144 valence electrons. The van der Waals surface area contributed by atoms with E-state index in [9.17, 15) is 8.42 Å². The average Bonchev–Trinajstić information content (AvgIpc) is 2.67. The van der Waals surface area contributed by atoms with Gasteiger partial charge in [-0.2, -0.15) is 4.31 Å². The van der Waals surface area contributed by atoms with E-state index in [0.717, 1.165) is 24.1 Å². The van der Waals surface area contributed by atoms with Crippen molar-refractivity contribution in [1.82, 2.24) is 4.31 Å². The van der Waals surface area contributed by atoms with Crippen LogP contribution in [0.5, 0.6) is 0 Å². The summed E-state index contributed by atoms with van der Waals surface area (Å²) in [5.41, 5.74) is 2.20. The first-order valence-corrected chi connectivity index (χ1v) is 11.0. The Kier molecular flexibility index (Phi) is 5.36. The summed E-state index contributed by atoms with van der Waals surface area (Å²) < 4.78 is 33.0. The van der Waals surface area contributed by atoms with Crippen LogP contribution in [0, 0.1) is 0 Å². The average molecular weight is 427 g/mol. The molecule has 0 spiro atoms. The summed E-state index contributed by atoms with van der Waals surface area (Å²) in [5, 5.41) is 1.12. The van der Waals surface area contributed by atoms with Crippen LogP contribution in [0.2, 0.25) is 10.0 Å². The number of fused-ring (bicyclic) bond motifs is 1. The van der Waals surface area contributed by atoms with E-state index < -0.39 is 10.0 Å². The standard InChI is InChI=1S/C19H20Cl2N2O3S/c20-15-2-1-3-18(11-15)27(24,25)22-8-6-17(7-9-22)23-13-26-12-14-10-16(21)4-5-19(14)23/h1-5,10-11,17H,6-9,12-13H2. The minimum Gasteiger partial charge on any atom is -0.356 e. The van der Waals surface area contributed by atoms with Crippen LogP contribution >= 0.6 is 23.2 Å². The fraction of sp³-hybridized carbons (Fsp3) is 0.368. The first-order chi connectivity index (χ1) is 12.9. The van der Waals surface area contributed by atoms with Crippen LogP contribution in [-0.4, -0.2) is 38.6 Å². The van der Waals surface area contributed by atoms with Gasteiger partial charge in [0.05, 0.1) is 11.5 Å². The lowest BCUT2D eigenvalue weighted by molar-refractivity contribution is 0.0988. The Morgan fingerprint density at radius 2 is 1.74 bits per heavy atom. The summed E-state index contributed by atoms with van der Waals surface area (Å²) >= 11 is 12.1. The topological polar surface area (TPSA) is 49.9 Å². The summed E-state index contributed by atoms with van der Waals surface area (Å²) in [4.78, 5) is 2.47. The van der Waals surface area contributed by atoms with E-state index >= 15 is 0 Å². The Labute approximate surface area is 169 Å². The summed E-state index contributed by atoms with van der Waals surface area (Å²) in [5.74, 6) is 0. The van der Waals surface area contributed by atoms with E-state index in [2.05, 4.69) is 4.90 Å². The molecule has 0 atom stereocenters. The molecule has 0 N–H and O–H groups in total. The van der Waals surface area contributed by atoms with E-state index in [1.54, 1.807) is 22.5 Å². The van der Waals surface area contributed by atoms with E-state index in [0.29, 0.717) is 36.5 Å². The van der Waals surface area contributed by atoms with Crippen molar-refractivity contribution in [3.8, 4) is 0 Å². The molecule has 2 aliphatic heterocycles. The number of hydrogen-bond donors (Lipinski definition) is 0. The smallest absolute Gasteiger partial charge is 0.243 e. The van der Waals surface area contributed by atoms with Gasteiger partial charge >= 0.3 is 0 Å². The number of piperidine rings is 1. The fourth-order valence-electron chi connectivity index (χ4n) is 3.75. The second-order valence-corrected chi connectivity index (χ2v) is 9.62. The van der Waals surface area contributed by atoms with Crippen molar-refractivity contribution in [3.05, 3.63) is 58.1 Å². The van der Waals surface area contributed by atoms with Gasteiger partial charge < -0.3 is 9.64 Å². The van der Waals surface area contributed by atoms with Gasteiger partial charge in [0.25, 0.3) is 0 Å². The molecule has 0 unspecified atom stereocenters. The maximum Gasteiger partial charge on any atom is 0.243 e. The van der Waals surface area contributed by atoms with Gasteiger partial charge in [-0.15, -0.1) is 0 Å². The lowest BCUT2D eigenvalue weighted by Gasteiger charge is -2.41. The Hall–Kier alpha value is -1.31. The summed E-state index contributed by atoms with van der Waals surface area (Å²) in [6.07, 6.45) is 1.48. The SMILES string of the molecule is O=S(=O)(c1cccc(Cl)c1)N1CCC(N2COCc3cc(Cl)ccc32)CC1. The molecule has 8 heteroatoms. The minimum absolute atomic E-state index is 0.232. The molecule has 1 fully saturated rings. The minimum atomic E-state index is -3.52. The molecule has 0 aliphatic carbocycles. The van der Waals surface area contributed by atoms with E-state index in [4.69, 9.17) is 27.9 Å². The highest BCUT2D eigenvalue weighted by Crippen LogP contribution is 2.33. The van der Waals surface area contributed by atoms with Gasteiger partial charge in [0, 0.05) is 40.4 Å². The lowest BCUT2D eigenvalue weighted by Crippen LogP contribution is -2.48. The van der Waals surface area contributed by atoms with Crippen LogP contribution < -0.4 is 4.90 Å². The van der Waals surface area contributed by atoms with Crippen LogP contribution in [0.15, 0.2) is 47.4 Å². The third-order valence-corrected chi connectivity index (χ3v) is 7.50. The highest BCUT2D eigenvalue weighted by Gasteiger charge is 2.33. The van der Waals surface area contributed by atoms with Crippen molar-refractivity contribution >= 4 is 38.9 Å². The fourth-order valence-corrected chi connectivity index (χ4v) is 5.71.